The fourth-order valence-electron chi connectivity index (χ4n) is 3.49. The third-order valence-corrected chi connectivity index (χ3v) is 5.64. The Balaban J connectivity index is 1.39. The van der Waals surface area contributed by atoms with Gasteiger partial charge in [-0.2, -0.15) is 0 Å². The molecule has 0 radical (unpaired) electrons. The molecule has 8 heteroatoms. The number of anilines is 2. The van der Waals surface area contributed by atoms with Crippen LogP contribution < -0.4 is 15.5 Å². The van der Waals surface area contributed by atoms with E-state index in [4.69, 9.17) is 0 Å². The van der Waals surface area contributed by atoms with E-state index in [1.165, 1.54) is 16.9 Å². The Labute approximate surface area is 160 Å². The average molecular weight is 384 g/mol. The molecule has 3 heterocycles. The monoisotopic (exact) mass is 384 g/mol. The number of aromatic nitrogens is 1. The Morgan fingerprint density at radius 2 is 2.15 bits per heavy atom. The fraction of sp³-hybridized carbons (Fsp3) is 0.368. The van der Waals surface area contributed by atoms with Gasteiger partial charge in [0.1, 0.15) is 6.04 Å². The quantitative estimate of drug-likeness (QED) is 0.842. The van der Waals surface area contributed by atoms with E-state index in [9.17, 15) is 14.4 Å². The van der Waals surface area contributed by atoms with Crippen molar-refractivity contribution in [1.82, 2.24) is 10.3 Å². The maximum absolute atomic E-state index is 12.8. The minimum Gasteiger partial charge on any atom is -0.344 e. The molecule has 1 aromatic heterocycles. The number of amides is 3. The molecule has 2 aromatic rings. The summed E-state index contributed by atoms with van der Waals surface area (Å²) in [6.45, 7) is 0.713. The Hall–Kier alpha value is -2.74. The zero-order chi connectivity index (χ0) is 18.8. The van der Waals surface area contributed by atoms with Gasteiger partial charge in [0.15, 0.2) is 5.13 Å². The molecule has 1 atom stereocenters. The summed E-state index contributed by atoms with van der Waals surface area (Å²) in [5.74, 6) is -0.367. The van der Waals surface area contributed by atoms with Crippen LogP contribution in [0.2, 0.25) is 0 Å². The number of hydrogen-bond donors (Lipinski definition) is 2. The Morgan fingerprint density at radius 1 is 1.30 bits per heavy atom. The first kappa shape index (κ1) is 17.7. The van der Waals surface area contributed by atoms with Crippen LogP contribution in [-0.2, 0) is 27.2 Å². The van der Waals surface area contributed by atoms with Gasteiger partial charge in [0.2, 0.25) is 17.7 Å². The molecule has 2 aliphatic heterocycles. The van der Waals surface area contributed by atoms with Crippen molar-refractivity contribution in [3.63, 3.8) is 0 Å². The van der Waals surface area contributed by atoms with Gasteiger partial charge in [-0.3, -0.25) is 14.4 Å². The van der Waals surface area contributed by atoms with Crippen molar-refractivity contribution in [2.24, 2.45) is 0 Å². The van der Waals surface area contributed by atoms with E-state index < -0.39 is 6.04 Å². The van der Waals surface area contributed by atoms with E-state index in [1.807, 2.05) is 23.1 Å². The van der Waals surface area contributed by atoms with Crippen LogP contribution >= 0.6 is 11.3 Å². The molecule has 2 aliphatic rings. The summed E-state index contributed by atoms with van der Waals surface area (Å²) in [6, 6.07) is 7.48. The molecule has 1 aromatic carbocycles. The lowest BCUT2D eigenvalue weighted by Crippen LogP contribution is -2.37. The van der Waals surface area contributed by atoms with Crippen LogP contribution in [0.4, 0.5) is 10.8 Å². The summed E-state index contributed by atoms with van der Waals surface area (Å²) in [5.41, 5.74) is 2.82. The van der Waals surface area contributed by atoms with Crippen LogP contribution in [-0.4, -0.2) is 35.3 Å². The fourth-order valence-corrected chi connectivity index (χ4v) is 4.21. The Bertz CT molecular complexity index is 895. The van der Waals surface area contributed by atoms with Gasteiger partial charge in [0, 0.05) is 24.0 Å². The summed E-state index contributed by atoms with van der Waals surface area (Å²) < 4.78 is 0. The van der Waals surface area contributed by atoms with Gasteiger partial charge in [-0.15, -0.1) is 11.3 Å². The van der Waals surface area contributed by atoms with E-state index in [1.54, 1.807) is 5.38 Å². The summed E-state index contributed by atoms with van der Waals surface area (Å²) in [7, 11) is 0. The lowest BCUT2D eigenvalue weighted by molar-refractivity contribution is -0.122. The highest BCUT2D eigenvalue weighted by atomic mass is 32.1. The molecular weight excluding hydrogens is 364 g/mol. The Kier molecular flexibility index (Phi) is 4.89. The molecule has 27 heavy (non-hydrogen) atoms. The van der Waals surface area contributed by atoms with Crippen molar-refractivity contribution in [3.05, 3.63) is 40.9 Å². The molecule has 3 amide bonds. The zero-order valence-electron chi connectivity index (χ0n) is 14.7. The van der Waals surface area contributed by atoms with Crippen LogP contribution in [0, 0.1) is 0 Å². The molecule has 0 bridgehead atoms. The van der Waals surface area contributed by atoms with Gasteiger partial charge >= 0.3 is 0 Å². The van der Waals surface area contributed by atoms with Crippen LogP contribution in [0.1, 0.15) is 30.5 Å². The number of fused-ring (bicyclic) bond motifs is 1. The molecule has 4 rings (SSSR count). The standard InChI is InChI=1S/C19H20N4O3S/c24-16-8-7-14(21-16)18(26)22-19-20-13(11-27-19)10-17(25)23-9-3-5-12-4-1-2-6-15(12)23/h1-2,4,6,11,14H,3,5,7-10H2,(H,21,24)(H,20,22,26)/t14-/m1/s1. The predicted octanol–water partition coefficient (Wildman–Crippen LogP) is 1.88. The Morgan fingerprint density at radius 3 is 2.96 bits per heavy atom. The lowest BCUT2D eigenvalue weighted by atomic mass is 10.0. The van der Waals surface area contributed by atoms with E-state index in [2.05, 4.69) is 21.7 Å². The molecular formula is C19H20N4O3S. The van der Waals surface area contributed by atoms with Crippen molar-refractivity contribution in [2.75, 3.05) is 16.8 Å². The van der Waals surface area contributed by atoms with Gasteiger partial charge < -0.3 is 15.5 Å². The second-order valence-electron chi connectivity index (χ2n) is 6.75. The van der Waals surface area contributed by atoms with E-state index in [-0.39, 0.29) is 24.1 Å². The highest BCUT2D eigenvalue weighted by Crippen LogP contribution is 2.27. The number of thiazole rings is 1. The third kappa shape index (κ3) is 3.85. The van der Waals surface area contributed by atoms with E-state index >= 15 is 0 Å². The number of nitrogens with one attached hydrogen (secondary N) is 2. The highest BCUT2D eigenvalue weighted by Gasteiger charge is 2.28. The van der Waals surface area contributed by atoms with Gasteiger partial charge in [-0.1, -0.05) is 18.2 Å². The highest BCUT2D eigenvalue weighted by molar-refractivity contribution is 7.13. The summed E-state index contributed by atoms with van der Waals surface area (Å²) in [4.78, 5) is 42.3. The van der Waals surface area contributed by atoms with Crippen LogP contribution in [0.15, 0.2) is 29.6 Å². The first-order valence-corrected chi connectivity index (χ1v) is 9.91. The number of nitrogens with zero attached hydrogens (tertiary/aromatic N) is 2. The summed E-state index contributed by atoms with van der Waals surface area (Å²) in [5, 5.41) is 7.59. The minimum atomic E-state index is -0.503. The molecule has 0 unspecified atom stereocenters. The zero-order valence-corrected chi connectivity index (χ0v) is 15.6. The molecule has 7 nitrogen and oxygen atoms in total. The smallest absolute Gasteiger partial charge is 0.248 e. The number of rotatable bonds is 4. The molecule has 0 spiro atoms. The number of hydrogen-bond acceptors (Lipinski definition) is 5. The van der Waals surface area contributed by atoms with Crippen molar-refractivity contribution in [1.29, 1.82) is 0 Å². The topological polar surface area (TPSA) is 91.4 Å². The lowest BCUT2D eigenvalue weighted by Gasteiger charge is -2.29. The van der Waals surface area contributed by atoms with Crippen LogP contribution in [0.3, 0.4) is 0 Å². The normalized spacial score (nSPS) is 18.7. The summed E-state index contributed by atoms with van der Waals surface area (Å²) in [6.07, 6.45) is 3.00. The number of aryl methyl sites for hydroxylation is 1. The largest absolute Gasteiger partial charge is 0.344 e. The SMILES string of the molecule is O=C1CC[C@H](C(=O)Nc2nc(CC(=O)N3CCCc4ccccc43)cs2)N1. The van der Waals surface area contributed by atoms with Gasteiger partial charge in [-0.05, 0) is 30.9 Å². The average Bonchev–Trinajstić information content (AvgIpc) is 3.30. The van der Waals surface area contributed by atoms with Crippen molar-refractivity contribution in [2.45, 2.75) is 38.1 Å². The van der Waals surface area contributed by atoms with E-state index in [0.717, 1.165) is 18.5 Å². The van der Waals surface area contributed by atoms with Crippen molar-refractivity contribution >= 4 is 39.9 Å². The van der Waals surface area contributed by atoms with Gasteiger partial charge in [0.25, 0.3) is 0 Å². The molecule has 1 saturated heterocycles. The molecule has 0 saturated carbocycles. The third-order valence-electron chi connectivity index (χ3n) is 4.84. The second-order valence-corrected chi connectivity index (χ2v) is 7.60. The van der Waals surface area contributed by atoms with Gasteiger partial charge in [0.05, 0.1) is 12.1 Å². The second kappa shape index (κ2) is 7.48. The maximum atomic E-state index is 12.8. The molecule has 1 fully saturated rings. The van der Waals surface area contributed by atoms with Crippen molar-refractivity contribution < 1.29 is 14.4 Å². The minimum absolute atomic E-state index is 0.00776. The van der Waals surface area contributed by atoms with Crippen molar-refractivity contribution in [3.8, 4) is 0 Å². The first-order chi connectivity index (χ1) is 13.1. The van der Waals surface area contributed by atoms with Gasteiger partial charge in [-0.25, -0.2) is 4.98 Å². The maximum Gasteiger partial charge on any atom is 0.248 e. The summed E-state index contributed by atoms with van der Waals surface area (Å²) >= 11 is 1.29. The van der Waals surface area contributed by atoms with E-state index in [0.29, 0.717) is 30.2 Å². The number of carbonyl (C=O) groups excluding carboxylic acids is 3. The molecule has 2 N–H and O–H groups in total. The van der Waals surface area contributed by atoms with Crippen LogP contribution in [0.25, 0.3) is 0 Å². The first-order valence-electron chi connectivity index (χ1n) is 9.03. The molecule has 140 valence electrons. The molecule has 0 aliphatic carbocycles. The predicted molar refractivity (Wildman–Crippen MR) is 103 cm³/mol. The number of para-hydroxylation sites is 1. The number of carbonyl (C=O) groups is 3. The van der Waals surface area contributed by atoms with Crippen LogP contribution in [0.5, 0.6) is 0 Å². The number of benzene rings is 1.